The summed E-state index contributed by atoms with van der Waals surface area (Å²) in [6, 6.07) is 9.56. The van der Waals surface area contributed by atoms with E-state index in [4.69, 9.17) is 14.2 Å². The molecule has 5 nitrogen and oxygen atoms in total. The van der Waals surface area contributed by atoms with Crippen LogP contribution >= 0.6 is 0 Å². The molecule has 2 aliphatic heterocycles. The molecule has 0 saturated carbocycles. The van der Waals surface area contributed by atoms with Gasteiger partial charge in [0.2, 0.25) is 0 Å². The van der Waals surface area contributed by atoms with Crippen molar-refractivity contribution in [2.75, 3.05) is 34.4 Å². The first-order chi connectivity index (χ1) is 13.1. The predicted molar refractivity (Wildman–Crippen MR) is 103 cm³/mol. The molecule has 0 spiro atoms. The summed E-state index contributed by atoms with van der Waals surface area (Å²) in [4.78, 5) is 15.3. The number of carbonyl (C=O) groups excluding carboxylic acids is 1. The number of Topliss-reactive ketones (excluding diaryl/α,β-unsaturated/α-hetero) is 1. The molecule has 0 N–H and O–H groups in total. The van der Waals surface area contributed by atoms with E-state index in [1.54, 1.807) is 20.3 Å². The molecule has 1 atom stereocenters. The van der Waals surface area contributed by atoms with Crippen LogP contribution in [-0.2, 0) is 12.8 Å². The zero-order valence-electron chi connectivity index (χ0n) is 16.1. The Bertz CT molecular complexity index is 877. The van der Waals surface area contributed by atoms with Gasteiger partial charge in [0.15, 0.2) is 17.3 Å². The van der Waals surface area contributed by atoms with E-state index in [9.17, 15) is 4.79 Å². The number of likely N-dealkylation sites (N-methyl/N-ethyl adjacent to an activating group) is 1. The predicted octanol–water partition coefficient (Wildman–Crippen LogP) is 3.44. The summed E-state index contributed by atoms with van der Waals surface area (Å²) in [6.07, 6.45) is 2.27. The lowest BCUT2D eigenvalue weighted by Gasteiger charge is -2.36. The molecule has 0 fully saturated rings. The first kappa shape index (κ1) is 17.9. The summed E-state index contributed by atoms with van der Waals surface area (Å²) in [5.41, 5.74) is 4.26. The molecule has 0 saturated heterocycles. The molecule has 0 aromatic heterocycles. The molecular weight excluding hydrogens is 342 g/mol. The molecule has 0 aliphatic carbocycles. The maximum absolute atomic E-state index is 13.0. The van der Waals surface area contributed by atoms with Crippen molar-refractivity contribution in [3.63, 3.8) is 0 Å². The van der Waals surface area contributed by atoms with E-state index in [-0.39, 0.29) is 11.8 Å². The fraction of sp³-hybridized carbons (Fsp3) is 0.409. The normalized spacial score (nSPS) is 18.4. The number of hydrogen-bond donors (Lipinski definition) is 0. The summed E-state index contributed by atoms with van der Waals surface area (Å²) in [5, 5.41) is 0. The number of nitrogens with zero attached hydrogens (tertiary/aromatic N) is 1. The van der Waals surface area contributed by atoms with Crippen LogP contribution in [0.5, 0.6) is 17.2 Å². The number of rotatable bonds is 5. The molecular formula is C22H25NO4. The van der Waals surface area contributed by atoms with Crippen molar-refractivity contribution in [2.45, 2.75) is 25.3 Å². The monoisotopic (exact) mass is 367 g/mol. The maximum Gasteiger partial charge on any atom is 0.166 e. The Labute approximate surface area is 159 Å². The highest BCUT2D eigenvalue weighted by Gasteiger charge is 2.34. The third kappa shape index (κ3) is 3.16. The van der Waals surface area contributed by atoms with Gasteiger partial charge in [0, 0.05) is 42.1 Å². The second-order valence-electron chi connectivity index (χ2n) is 7.17. The van der Waals surface area contributed by atoms with Gasteiger partial charge in [0.05, 0.1) is 20.8 Å². The molecule has 0 amide bonds. The third-order valence-corrected chi connectivity index (χ3v) is 5.63. The van der Waals surface area contributed by atoms with E-state index in [2.05, 4.69) is 18.0 Å². The Kier molecular flexibility index (Phi) is 4.79. The van der Waals surface area contributed by atoms with Gasteiger partial charge in [-0.15, -0.1) is 0 Å². The molecule has 2 aliphatic rings. The maximum atomic E-state index is 13.0. The average molecular weight is 367 g/mol. The number of carbonyl (C=O) groups is 1. The molecule has 0 radical (unpaired) electrons. The zero-order valence-corrected chi connectivity index (χ0v) is 16.1. The molecule has 27 heavy (non-hydrogen) atoms. The van der Waals surface area contributed by atoms with E-state index in [0.717, 1.165) is 36.4 Å². The van der Waals surface area contributed by atoms with Gasteiger partial charge in [-0.25, -0.2) is 0 Å². The van der Waals surface area contributed by atoms with Crippen LogP contribution in [-0.4, -0.2) is 45.1 Å². The third-order valence-electron chi connectivity index (χ3n) is 5.63. The van der Waals surface area contributed by atoms with E-state index in [0.29, 0.717) is 24.3 Å². The second kappa shape index (κ2) is 7.24. The van der Waals surface area contributed by atoms with Crippen LogP contribution in [0, 0.1) is 0 Å². The Morgan fingerprint density at radius 2 is 2.04 bits per heavy atom. The van der Waals surface area contributed by atoms with E-state index >= 15 is 0 Å². The largest absolute Gasteiger partial charge is 0.497 e. The summed E-state index contributed by atoms with van der Waals surface area (Å²) < 4.78 is 16.9. The number of ketones is 1. The lowest BCUT2D eigenvalue weighted by atomic mass is 9.86. The highest BCUT2D eigenvalue weighted by molar-refractivity contribution is 5.97. The van der Waals surface area contributed by atoms with E-state index in [1.807, 2.05) is 18.2 Å². The Morgan fingerprint density at radius 1 is 1.19 bits per heavy atom. The fourth-order valence-electron chi connectivity index (χ4n) is 4.17. The highest BCUT2D eigenvalue weighted by atomic mass is 16.5. The molecule has 2 aromatic rings. The Morgan fingerprint density at radius 3 is 2.81 bits per heavy atom. The van der Waals surface area contributed by atoms with Crippen molar-refractivity contribution < 1.29 is 19.0 Å². The molecule has 2 heterocycles. The number of benzene rings is 2. The van der Waals surface area contributed by atoms with Gasteiger partial charge >= 0.3 is 0 Å². The summed E-state index contributed by atoms with van der Waals surface area (Å²) >= 11 is 0. The van der Waals surface area contributed by atoms with Crippen LogP contribution in [0.4, 0.5) is 0 Å². The molecule has 1 unspecified atom stereocenters. The van der Waals surface area contributed by atoms with Crippen molar-refractivity contribution in [3.8, 4) is 17.2 Å². The molecule has 0 bridgehead atoms. The van der Waals surface area contributed by atoms with Crippen molar-refractivity contribution in [2.24, 2.45) is 0 Å². The van der Waals surface area contributed by atoms with Gasteiger partial charge < -0.3 is 14.2 Å². The van der Waals surface area contributed by atoms with Gasteiger partial charge in [0.1, 0.15) is 5.75 Å². The zero-order chi connectivity index (χ0) is 19.0. The van der Waals surface area contributed by atoms with E-state index in [1.165, 1.54) is 11.1 Å². The van der Waals surface area contributed by atoms with Crippen molar-refractivity contribution >= 4 is 5.78 Å². The average Bonchev–Trinajstić information content (AvgIpc) is 3.16. The minimum atomic E-state index is -0.0306. The summed E-state index contributed by atoms with van der Waals surface area (Å²) in [5.74, 6) is 2.45. The van der Waals surface area contributed by atoms with Crippen LogP contribution < -0.4 is 14.2 Å². The van der Waals surface area contributed by atoms with Crippen LogP contribution in [0.25, 0.3) is 0 Å². The van der Waals surface area contributed by atoms with Gasteiger partial charge in [-0.05, 0) is 31.2 Å². The van der Waals surface area contributed by atoms with Gasteiger partial charge in [-0.3, -0.25) is 9.69 Å². The SMILES string of the molecule is COc1cccc(C(=O)CC2c3c(cc4c(c3OC)OCC4)CCN2C)c1. The first-order valence-electron chi connectivity index (χ1n) is 9.35. The molecule has 4 rings (SSSR count). The van der Waals surface area contributed by atoms with Gasteiger partial charge in [0.25, 0.3) is 0 Å². The lowest BCUT2D eigenvalue weighted by Crippen LogP contribution is -2.34. The van der Waals surface area contributed by atoms with Crippen LogP contribution in [0.3, 0.4) is 0 Å². The topological polar surface area (TPSA) is 48.0 Å². The molecule has 5 heteroatoms. The quantitative estimate of drug-likeness (QED) is 0.758. The Hall–Kier alpha value is -2.53. The van der Waals surface area contributed by atoms with Crippen molar-refractivity contribution in [3.05, 3.63) is 52.6 Å². The van der Waals surface area contributed by atoms with Crippen LogP contribution in [0.2, 0.25) is 0 Å². The van der Waals surface area contributed by atoms with Crippen LogP contribution in [0.1, 0.15) is 39.5 Å². The number of ether oxygens (including phenoxy) is 3. The second-order valence-corrected chi connectivity index (χ2v) is 7.17. The Balaban J connectivity index is 1.71. The standard InChI is InChI=1S/C22H25NO4/c1-23-9-7-15-11-16-8-10-27-21(16)22(26-3)20(15)18(23)13-19(24)14-5-4-6-17(12-14)25-2/h4-6,11-12,18H,7-10,13H2,1-3H3. The number of fused-ring (bicyclic) bond motifs is 2. The smallest absolute Gasteiger partial charge is 0.166 e. The number of methoxy groups -OCH3 is 2. The molecule has 2 aromatic carbocycles. The summed E-state index contributed by atoms with van der Waals surface area (Å²) in [6.45, 7) is 1.61. The molecule has 142 valence electrons. The van der Waals surface area contributed by atoms with Gasteiger partial charge in [-0.1, -0.05) is 18.2 Å². The van der Waals surface area contributed by atoms with Crippen molar-refractivity contribution in [1.82, 2.24) is 4.90 Å². The van der Waals surface area contributed by atoms with E-state index < -0.39 is 0 Å². The van der Waals surface area contributed by atoms with Gasteiger partial charge in [-0.2, -0.15) is 0 Å². The lowest BCUT2D eigenvalue weighted by molar-refractivity contribution is 0.0925. The number of hydrogen-bond acceptors (Lipinski definition) is 5. The first-order valence-corrected chi connectivity index (χ1v) is 9.35. The highest BCUT2D eigenvalue weighted by Crippen LogP contribution is 2.47. The summed E-state index contributed by atoms with van der Waals surface area (Å²) in [7, 11) is 5.37. The minimum absolute atomic E-state index is 0.0306. The fourth-order valence-corrected chi connectivity index (χ4v) is 4.17. The minimum Gasteiger partial charge on any atom is -0.497 e. The van der Waals surface area contributed by atoms with Crippen LogP contribution in [0.15, 0.2) is 30.3 Å². The van der Waals surface area contributed by atoms with Crippen molar-refractivity contribution in [1.29, 1.82) is 0 Å².